The lowest BCUT2D eigenvalue weighted by atomic mass is 10.0. The molecule has 0 amide bonds. The minimum Gasteiger partial charge on any atom is -0.494 e. The molecule has 1 aliphatic rings. The number of halogens is 3. The van der Waals surface area contributed by atoms with E-state index in [4.69, 9.17) is 27.9 Å². The second-order valence-electron chi connectivity index (χ2n) is 4.50. The summed E-state index contributed by atoms with van der Waals surface area (Å²) in [5.74, 6) is 0.550. The zero-order chi connectivity index (χ0) is 13.7. The van der Waals surface area contributed by atoms with Crippen LogP contribution in [0, 0.1) is 0 Å². The van der Waals surface area contributed by atoms with Crippen LogP contribution in [0.1, 0.15) is 24.1 Å². The van der Waals surface area contributed by atoms with Gasteiger partial charge in [0.25, 0.3) is 0 Å². The van der Waals surface area contributed by atoms with Crippen LogP contribution in [0.3, 0.4) is 0 Å². The van der Waals surface area contributed by atoms with Gasteiger partial charge in [0.1, 0.15) is 5.02 Å². The molecular weight excluding hydrogens is 351 g/mol. The summed E-state index contributed by atoms with van der Waals surface area (Å²) in [6, 6.07) is 0.249. The molecule has 0 unspecified atom stereocenters. The van der Waals surface area contributed by atoms with Crippen molar-refractivity contribution in [3.8, 4) is 5.75 Å². The number of hydrogen-bond donors (Lipinski definition) is 1. The van der Waals surface area contributed by atoms with E-state index < -0.39 is 0 Å². The van der Waals surface area contributed by atoms with Gasteiger partial charge in [-0.3, -0.25) is 4.98 Å². The summed E-state index contributed by atoms with van der Waals surface area (Å²) in [4.78, 5) is 4.44. The number of ether oxygens (including phenoxy) is 1. The minimum atomic E-state index is 0.249. The summed E-state index contributed by atoms with van der Waals surface area (Å²) in [6.07, 6.45) is 1.86. The van der Waals surface area contributed by atoms with Crippen LogP contribution in [0.4, 0.5) is 0 Å². The van der Waals surface area contributed by atoms with Gasteiger partial charge in [-0.15, -0.1) is 0 Å². The van der Waals surface area contributed by atoms with Gasteiger partial charge in [0.15, 0.2) is 5.75 Å². The summed E-state index contributed by atoms with van der Waals surface area (Å²) >= 11 is 16.1. The molecule has 19 heavy (non-hydrogen) atoms. The lowest BCUT2D eigenvalue weighted by Gasteiger charge is -2.15. The quantitative estimate of drug-likeness (QED) is 0.760. The zero-order valence-corrected chi connectivity index (χ0v) is 13.4. The molecule has 0 saturated heterocycles. The average Bonchev–Trinajstić information content (AvgIpc) is 2.78. The average molecular weight is 362 g/mol. The van der Waals surface area contributed by atoms with Crippen LogP contribution in [0.15, 0.2) is 10.7 Å². The molecule has 6 heteroatoms. The molecule has 0 aliphatic carbocycles. The molecule has 1 aliphatic heterocycles. The summed E-state index contributed by atoms with van der Waals surface area (Å²) in [6.45, 7) is 2.93. The van der Waals surface area contributed by atoms with Crippen molar-refractivity contribution >= 4 is 50.0 Å². The first-order chi connectivity index (χ1) is 9.06. The topological polar surface area (TPSA) is 34.1 Å². The third kappa shape index (κ3) is 1.85. The van der Waals surface area contributed by atoms with Gasteiger partial charge in [-0.1, -0.05) is 23.2 Å². The molecule has 0 radical (unpaired) electrons. The number of fused-ring (bicyclic) bond motifs is 3. The lowest BCUT2D eigenvalue weighted by Crippen LogP contribution is -2.07. The highest BCUT2D eigenvalue weighted by Crippen LogP contribution is 2.47. The van der Waals surface area contributed by atoms with Crippen LogP contribution in [-0.2, 0) is 6.54 Å². The molecule has 1 aromatic carbocycles. The van der Waals surface area contributed by atoms with Crippen molar-refractivity contribution in [1.29, 1.82) is 0 Å². The van der Waals surface area contributed by atoms with Crippen LogP contribution >= 0.6 is 39.1 Å². The highest BCUT2D eigenvalue weighted by Gasteiger charge is 2.26. The molecule has 3 rings (SSSR count). The number of nitrogens with zero attached hydrogens (tertiary/aromatic N) is 1. The van der Waals surface area contributed by atoms with Gasteiger partial charge in [-0.25, -0.2) is 0 Å². The Morgan fingerprint density at radius 3 is 2.84 bits per heavy atom. The first-order valence-corrected chi connectivity index (χ1v) is 7.36. The van der Waals surface area contributed by atoms with Crippen molar-refractivity contribution in [1.82, 2.24) is 10.3 Å². The smallest absolute Gasteiger partial charge is 0.153 e. The van der Waals surface area contributed by atoms with Crippen LogP contribution in [-0.4, -0.2) is 12.1 Å². The van der Waals surface area contributed by atoms with Crippen molar-refractivity contribution in [3.05, 3.63) is 31.8 Å². The van der Waals surface area contributed by atoms with Gasteiger partial charge in [0, 0.05) is 24.2 Å². The van der Waals surface area contributed by atoms with Crippen LogP contribution < -0.4 is 10.1 Å². The summed E-state index contributed by atoms with van der Waals surface area (Å²) < 4.78 is 6.15. The van der Waals surface area contributed by atoms with Crippen LogP contribution in [0.5, 0.6) is 5.75 Å². The molecular formula is C13H11BrCl2N2O. The predicted molar refractivity (Wildman–Crippen MR) is 81.3 cm³/mol. The van der Waals surface area contributed by atoms with E-state index in [1.54, 1.807) is 7.11 Å². The first-order valence-electron chi connectivity index (χ1n) is 5.81. The monoisotopic (exact) mass is 360 g/mol. The van der Waals surface area contributed by atoms with Crippen LogP contribution in [0.25, 0.3) is 10.9 Å². The molecule has 1 aromatic heterocycles. The number of aromatic nitrogens is 1. The number of hydrogen-bond acceptors (Lipinski definition) is 3. The summed E-state index contributed by atoms with van der Waals surface area (Å²) in [5.41, 5.74) is 3.09. The molecule has 0 saturated carbocycles. The Labute approximate surface area is 129 Å². The van der Waals surface area contributed by atoms with Gasteiger partial charge >= 0.3 is 0 Å². The van der Waals surface area contributed by atoms with Crippen molar-refractivity contribution < 1.29 is 4.74 Å². The standard InChI is InChI=1S/C13H11BrCl2N2O/c1-5-7-6(3-17-5)4-18-12-8(7)9(14)13(19-2)11(16)10(12)15/h4-5,17H,3H2,1-2H3/t5-/m0/s1. The van der Waals surface area contributed by atoms with E-state index in [0.717, 1.165) is 16.4 Å². The van der Waals surface area contributed by atoms with E-state index in [1.807, 2.05) is 6.20 Å². The summed E-state index contributed by atoms with van der Waals surface area (Å²) in [7, 11) is 1.58. The van der Waals surface area contributed by atoms with Gasteiger partial charge < -0.3 is 10.1 Å². The lowest BCUT2D eigenvalue weighted by molar-refractivity contribution is 0.413. The maximum Gasteiger partial charge on any atom is 0.153 e. The van der Waals surface area contributed by atoms with Crippen molar-refractivity contribution in [3.63, 3.8) is 0 Å². The Morgan fingerprint density at radius 2 is 2.16 bits per heavy atom. The predicted octanol–water partition coefficient (Wildman–Crippen LogP) is 4.48. The SMILES string of the molecule is COc1c(Cl)c(Cl)c2ncc3c(c2c1Br)[C@H](C)NC3. The molecule has 2 heterocycles. The van der Waals surface area contributed by atoms with E-state index >= 15 is 0 Å². The van der Waals surface area contributed by atoms with Gasteiger partial charge in [-0.05, 0) is 34.0 Å². The number of pyridine rings is 1. The molecule has 1 N–H and O–H groups in total. The first kappa shape index (κ1) is 13.4. The Bertz CT molecular complexity index is 690. The Morgan fingerprint density at radius 1 is 1.42 bits per heavy atom. The third-order valence-electron chi connectivity index (χ3n) is 3.46. The maximum absolute atomic E-state index is 6.32. The molecule has 1 atom stereocenters. The van der Waals surface area contributed by atoms with Crippen molar-refractivity contribution in [2.75, 3.05) is 7.11 Å². The van der Waals surface area contributed by atoms with E-state index in [9.17, 15) is 0 Å². The Balaban J connectivity index is 2.51. The third-order valence-corrected chi connectivity index (χ3v) is 5.04. The second kappa shape index (κ2) is 4.77. The zero-order valence-electron chi connectivity index (χ0n) is 10.4. The second-order valence-corrected chi connectivity index (χ2v) is 6.05. The maximum atomic E-state index is 6.32. The summed E-state index contributed by atoms with van der Waals surface area (Å²) in [5, 5.41) is 5.18. The minimum absolute atomic E-state index is 0.249. The molecule has 100 valence electrons. The highest BCUT2D eigenvalue weighted by atomic mass is 79.9. The molecule has 2 aromatic rings. The largest absolute Gasteiger partial charge is 0.494 e. The van der Waals surface area contributed by atoms with E-state index in [1.165, 1.54) is 11.1 Å². The van der Waals surface area contributed by atoms with E-state index in [-0.39, 0.29) is 6.04 Å². The fourth-order valence-corrected chi connectivity index (χ4v) is 3.91. The number of methoxy groups -OCH3 is 1. The van der Waals surface area contributed by atoms with Crippen molar-refractivity contribution in [2.45, 2.75) is 19.5 Å². The molecule has 0 bridgehead atoms. The Hall–Kier alpha value is -0.550. The van der Waals surface area contributed by atoms with Crippen LogP contribution in [0.2, 0.25) is 10.0 Å². The van der Waals surface area contributed by atoms with E-state index in [0.29, 0.717) is 21.3 Å². The highest BCUT2D eigenvalue weighted by molar-refractivity contribution is 9.10. The fourth-order valence-electron chi connectivity index (χ4n) is 2.55. The van der Waals surface area contributed by atoms with Crippen molar-refractivity contribution in [2.24, 2.45) is 0 Å². The molecule has 3 nitrogen and oxygen atoms in total. The van der Waals surface area contributed by atoms with Gasteiger partial charge in [0.05, 0.1) is 22.1 Å². The number of rotatable bonds is 1. The number of nitrogens with one attached hydrogen (secondary N) is 1. The van der Waals surface area contributed by atoms with Gasteiger partial charge in [-0.2, -0.15) is 0 Å². The molecule has 0 spiro atoms. The fraction of sp³-hybridized carbons (Fsp3) is 0.308. The number of benzene rings is 1. The Kier molecular flexibility index (Phi) is 3.38. The van der Waals surface area contributed by atoms with Gasteiger partial charge in [0.2, 0.25) is 0 Å². The normalized spacial score (nSPS) is 17.8. The molecule has 0 fully saturated rings. The van der Waals surface area contributed by atoms with E-state index in [2.05, 4.69) is 33.2 Å².